The normalized spacial score (nSPS) is 8.85. The number of amides is 1. The Bertz CT molecular complexity index is 811. The minimum Gasteiger partial charge on any atom is -0.507 e. The molecule has 3 nitrogen and oxygen atoms in total. The van der Waals surface area contributed by atoms with Crippen molar-refractivity contribution in [1.82, 2.24) is 5.32 Å². The molecule has 0 saturated carbocycles. The number of hydrogen-bond donors (Lipinski definition) is 2. The van der Waals surface area contributed by atoms with Gasteiger partial charge in [0, 0.05) is 18.0 Å². The van der Waals surface area contributed by atoms with E-state index in [-0.39, 0.29) is 5.91 Å². The summed E-state index contributed by atoms with van der Waals surface area (Å²) < 4.78 is 0. The van der Waals surface area contributed by atoms with Crippen molar-refractivity contribution in [3.63, 3.8) is 0 Å². The van der Waals surface area contributed by atoms with Crippen LogP contribution >= 0.6 is 0 Å². The zero-order valence-electron chi connectivity index (χ0n) is 17.6. The van der Waals surface area contributed by atoms with Crippen LogP contribution in [0.2, 0.25) is 0 Å². The van der Waals surface area contributed by atoms with Crippen LogP contribution in [-0.2, 0) is 0 Å². The van der Waals surface area contributed by atoms with Gasteiger partial charge in [0.25, 0.3) is 5.91 Å². The van der Waals surface area contributed by atoms with Crippen molar-refractivity contribution >= 4 is 16.7 Å². The van der Waals surface area contributed by atoms with E-state index in [1.807, 2.05) is 84.0 Å². The van der Waals surface area contributed by atoms with Crippen molar-refractivity contribution in [3.8, 4) is 5.75 Å². The predicted molar refractivity (Wildman–Crippen MR) is 118 cm³/mol. The number of carbonyl (C=O) groups is 1. The number of hydrogen-bond acceptors (Lipinski definition) is 2. The lowest BCUT2D eigenvalue weighted by Crippen LogP contribution is -2.17. The van der Waals surface area contributed by atoms with Crippen LogP contribution in [0.5, 0.6) is 5.75 Å². The molecule has 27 heavy (non-hydrogen) atoms. The Kier molecular flexibility index (Phi) is 12.0. The average molecular weight is 368 g/mol. The molecular formula is C24H33NO2. The Labute approximate surface area is 164 Å². The molecule has 0 bridgehead atoms. The summed E-state index contributed by atoms with van der Waals surface area (Å²) in [5.41, 5.74) is 2.81. The molecule has 2 N–H and O–H groups in total. The third kappa shape index (κ3) is 7.14. The van der Waals surface area contributed by atoms with Gasteiger partial charge in [-0.25, -0.2) is 0 Å². The highest BCUT2D eigenvalue weighted by atomic mass is 16.3. The highest BCUT2D eigenvalue weighted by Crippen LogP contribution is 2.30. The first-order valence-electron chi connectivity index (χ1n) is 9.49. The van der Waals surface area contributed by atoms with Crippen molar-refractivity contribution < 1.29 is 9.90 Å². The van der Waals surface area contributed by atoms with E-state index in [1.165, 1.54) is 0 Å². The molecule has 0 unspecified atom stereocenters. The van der Waals surface area contributed by atoms with Gasteiger partial charge < -0.3 is 10.4 Å². The molecule has 0 spiro atoms. The fourth-order valence-electron chi connectivity index (χ4n) is 2.30. The molecule has 3 aromatic carbocycles. The Morgan fingerprint density at radius 3 is 1.93 bits per heavy atom. The van der Waals surface area contributed by atoms with Gasteiger partial charge in [0.1, 0.15) is 5.75 Å². The molecule has 0 atom stereocenters. The standard InChI is InChI=1S/C12H12O.C8H9NO.2C2H6/c1-8-7-10-5-3-4-6-11(10)12(13)9(8)2;1-9-8(10)7-5-3-2-4-6-7;2*1-2/h3-7,13H,1-2H3;2-6H,1H3,(H,9,10);2*1-2H3. The maximum absolute atomic E-state index is 10.9. The van der Waals surface area contributed by atoms with Crippen LogP contribution in [-0.4, -0.2) is 18.1 Å². The van der Waals surface area contributed by atoms with Gasteiger partial charge in [-0.15, -0.1) is 0 Å². The van der Waals surface area contributed by atoms with Crippen molar-refractivity contribution in [3.05, 3.63) is 77.4 Å². The SMILES string of the molecule is CC.CC.CNC(=O)c1ccccc1.Cc1cc2ccccc2c(O)c1C. The molecule has 0 aliphatic heterocycles. The van der Waals surface area contributed by atoms with E-state index in [2.05, 4.69) is 11.4 Å². The molecule has 3 aromatic rings. The van der Waals surface area contributed by atoms with Gasteiger partial charge >= 0.3 is 0 Å². The van der Waals surface area contributed by atoms with Gasteiger partial charge in [-0.3, -0.25) is 4.79 Å². The smallest absolute Gasteiger partial charge is 0.251 e. The number of rotatable bonds is 1. The summed E-state index contributed by atoms with van der Waals surface area (Å²) in [5.74, 6) is 0.371. The molecule has 0 heterocycles. The Morgan fingerprint density at radius 1 is 0.852 bits per heavy atom. The molecule has 1 amide bonds. The number of phenolic OH excluding ortho intramolecular Hbond substituents is 1. The van der Waals surface area contributed by atoms with E-state index in [0.29, 0.717) is 11.3 Å². The second kappa shape index (κ2) is 13.4. The summed E-state index contributed by atoms with van der Waals surface area (Å²) >= 11 is 0. The Balaban J connectivity index is 0.000000434. The topological polar surface area (TPSA) is 49.3 Å². The van der Waals surface area contributed by atoms with Crippen LogP contribution in [0.1, 0.15) is 49.2 Å². The van der Waals surface area contributed by atoms with Gasteiger partial charge in [-0.1, -0.05) is 76.2 Å². The monoisotopic (exact) mass is 367 g/mol. The third-order valence-electron chi connectivity index (χ3n) is 3.80. The van der Waals surface area contributed by atoms with Crippen LogP contribution in [0.3, 0.4) is 0 Å². The molecule has 0 aromatic heterocycles. The highest BCUT2D eigenvalue weighted by Gasteiger charge is 2.04. The summed E-state index contributed by atoms with van der Waals surface area (Å²) in [5, 5.41) is 14.4. The Morgan fingerprint density at radius 2 is 1.37 bits per heavy atom. The number of phenols is 1. The lowest BCUT2D eigenvalue weighted by molar-refractivity contribution is 0.0963. The van der Waals surface area contributed by atoms with Gasteiger partial charge in [0.05, 0.1) is 0 Å². The van der Waals surface area contributed by atoms with E-state index in [4.69, 9.17) is 0 Å². The quantitative estimate of drug-likeness (QED) is 0.533. The van der Waals surface area contributed by atoms with Crippen molar-refractivity contribution in [1.29, 1.82) is 0 Å². The maximum Gasteiger partial charge on any atom is 0.251 e. The summed E-state index contributed by atoms with van der Waals surface area (Å²) in [4.78, 5) is 10.9. The van der Waals surface area contributed by atoms with Crippen molar-refractivity contribution in [2.75, 3.05) is 7.05 Å². The highest BCUT2D eigenvalue weighted by molar-refractivity contribution is 5.93. The number of nitrogens with one attached hydrogen (secondary N) is 1. The first-order valence-corrected chi connectivity index (χ1v) is 9.49. The summed E-state index contributed by atoms with van der Waals surface area (Å²) in [6.07, 6.45) is 0. The fourth-order valence-corrected chi connectivity index (χ4v) is 2.30. The number of benzene rings is 3. The summed E-state index contributed by atoms with van der Waals surface area (Å²) in [6.45, 7) is 12.0. The van der Waals surface area contributed by atoms with Gasteiger partial charge in [0.15, 0.2) is 0 Å². The van der Waals surface area contributed by atoms with Crippen LogP contribution in [0.25, 0.3) is 10.8 Å². The lowest BCUT2D eigenvalue weighted by Gasteiger charge is -2.07. The predicted octanol–water partition coefficient (Wildman–Crippen LogP) is 6.26. The molecule has 0 aliphatic rings. The summed E-state index contributed by atoms with van der Waals surface area (Å²) in [7, 11) is 1.62. The molecule has 0 fully saturated rings. The van der Waals surface area contributed by atoms with Crippen molar-refractivity contribution in [2.24, 2.45) is 0 Å². The first-order chi connectivity index (χ1) is 13.0. The van der Waals surface area contributed by atoms with Gasteiger partial charge in [0.2, 0.25) is 0 Å². The van der Waals surface area contributed by atoms with Crippen LogP contribution < -0.4 is 5.32 Å². The molecule has 3 rings (SSSR count). The zero-order valence-corrected chi connectivity index (χ0v) is 17.6. The van der Waals surface area contributed by atoms with Crippen LogP contribution in [0, 0.1) is 13.8 Å². The molecule has 0 aliphatic carbocycles. The molecule has 146 valence electrons. The van der Waals surface area contributed by atoms with E-state index in [1.54, 1.807) is 19.2 Å². The van der Waals surface area contributed by atoms with Crippen LogP contribution in [0.15, 0.2) is 60.7 Å². The van der Waals surface area contributed by atoms with E-state index in [9.17, 15) is 9.90 Å². The number of aromatic hydroxyl groups is 1. The van der Waals surface area contributed by atoms with Gasteiger partial charge in [-0.05, 0) is 42.5 Å². The zero-order chi connectivity index (χ0) is 20.8. The number of fused-ring (bicyclic) bond motifs is 1. The second-order valence-corrected chi connectivity index (χ2v) is 5.33. The molecule has 0 saturated heterocycles. The molecule has 3 heteroatoms. The minimum atomic E-state index is -0.0411. The molecular weight excluding hydrogens is 334 g/mol. The number of aryl methyl sites for hydroxylation is 1. The lowest BCUT2D eigenvalue weighted by atomic mass is 10.0. The fraction of sp³-hybridized carbons (Fsp3) is 0.292. The summed E-state index contributed by atoms with van der Waals surface area (Å²) in [6, 6.07) is 19.1. The average Bonchev–Trinajstić information content (AvgIpc) is 2.75. The van der Waals surface area contributed by atoms with Gasteiger partial charge in [-0.2, -0.15) is 0 Å². The maximum atomic E-state index is 10.9. The second-order valence-electron chi connectivity index (χ2n) is 5.33. The van der Waals surface area contributed by atoms with Crippen LogP contribution in [0.4, 0.5) is 0 Å². The largest absolute Gasteiger partial charge is 0.507 e. The molecule has 0 radical (unpaired) electrons. The van der Waals surface area contributed by atoms with Crippen molar-refractivity contribution in [2.45, 2.75) is 41.5 Å². The van der Waals surface area contributed by atoms with E-state index >= 15 is 0 Å². The minimum absolute atomic E-state index is 0.0411. The Hall–Kier alpha value is -2.81. The van der Waals surface area contributed by atoms with E-state index < -0.39 is 0 Å². The first kappa shape index (κ1) is 24.2. The van der Waals surface area contributed by atoms with E-state index in [0.717, 1.165) is 21.9 Å². The number of carbonyl (C=O) groups excluding carboxylic acids is 1. The third-order valence-corrected chi connectivity index (χ3v) is 3.80.